The fourth-order valence-electron chi connectivity index (χ4n) is 1.58. The van der Waals surface area contributed by atoms with Crippen LogP contribution >= 0.6 is 23.4 Å². The molecule has 1 unspecified atom stereocenters. The molecule has 114 valence electrons. The van der Waals surface area contributed by atoms with Gasteiger partial charge in [0.2, 0.25) is 11.8 Å². The largest absolute Gasteiger partial charge is 0.420 e. The summed E-state index contributed by atoms with van der Waals surface area (Å²) in [6.07, 6.45) is 1.22. The highest BCUT2D eigenvalue weighted by atomic mass is 35.5. The summed E-state index contributed by atoms with van der Waals surface area (Å²) in [5, 5.41) is 8.54. The van der Waals surface area contributed by atoms with E-state index in [1.807, 2.05) is 19.1 Å². The normalized spacial score (nSPS) is 13.3. The third kappa shape index (κ3) is 5.01. The molecule has 0 radical (unpaired) electrons. The van der Waals surface area contributed by atoms with E-state index in [1.54, 1.807) is 12.1 Å². The summed E-state index contributed by atoms with van der Waals surface area (Å²) in [6, 6.07) is 7.17. The Morgan fingerprint density at radius 2 is 2.14 bits per heavy atom. The highest BCUT2D eigenvalue weighted by molar-refractivity contribution is 8.00. The van der Waals surface area contributed by atoms with E-state index in [-0.39, 0.29) is 11.0 Å². The van der Waals surface area contributed by atoms with Crippen LogP contribution in [-0.2, 0) is 9.84 Å². The fraction of sp³-hybridized carbons (Fsp3) is 0.385. The number of hydrogen-bond donors (Lipinski definition) is 0. The van der Waals surface area contributed by atoms with Crippen molar-refractivity contribution in [1.29, 1.82) is 0 Å². The molecule has 1 atom stereocenters. The molecule has 21 heavy (non-hydrogen) atoms. The number of rotatable bonds is 6. The highest BCUT2D eigenvalue weighted by Crippen LogP contribution is 2.30. The van der Waals surface area contributed by atoms with Crippen LogP contribution in [0.1, 0.15) is 18.1 Å². The second-order valence-electron chi connectivity index (χ2n) is 4.60. The van der Waals surface area contributed by atoms with Crippen LogP contribution in [-0.4, -0.2) is 36.4 Å². The third-order valence-corrected chi connectivity index (χ3v) is 5.26. The molecule has 0 amide bonds. The number of benzene rings is 1. The van der Waals surface area contributed by atoms with Crippen LogP contribution in [0, 0.1) is 0 Å². The van der Waals surface area contributed by atoms with E-state index < -0.39 is 9.84 Å². The molecule has 0 spiro atoms. The van der Waals surface area contributed by atoms with Crippen molar-refractivity contribution in [2.45, 2.75) is 12.2 Å². The molecule has 0 N–H and O–H groups in total. The van der Waals surface area contributed by atoms with Crippen LogP contribution in [0.4, 0.5) is 0 Å². The number of aromatic nitrogens is 2. The lowest BCUT2D eigenvalue weighted by molar-refractivity contribution is 0.509. The lowest BCUT2D eigenvalue weighted by Gasteiger charge is -2.05. The number of thioether (sulfide) groups is 1. The molecule has 2 aromatic rings. The molecule has 8 heteroatoms. The van der Waals surface area contributed by atoms with Gasteiger partial charge in [-0.1, -0.05) is 17.7 Å². The lowest BCUT2D eigenvalue weighted by atomic mass is 10.2. The van der Waals surface area contributed by atoms with E-state index in [4.69, 9.17) is 16.0 Å². The molecule has 0 aliphatic heterocycles. The van der Waals surface area contributed by atoms with Crippen LogP contribution in [0.2, 0.25) is 5.02 Å². The zero-order chi connectivity index (χ0) is 15.5. The molecule has 0 aliphatic rings. The maximum atomic E-state index is 11.1. The van der Waals surface area contributed by atoms with Gasteiger partial charge >= 0.3 is 0 Å². The van der Waals surface area contributed by atoms with Crippen molar-refractivity contribution in [2.24, 2.45) is 0 Å². The first-order valence-electron chi connectivity index (χ1n) is 6.24. The van der Waals surface area contributed by atoms with Gasteiger partial charge in [0.15, 0.2) is 0 Å². The molecule has 1 aromatic heterocycles. The average Bonchev–Trinajstić information content (AvgIpc) is 2.86. The van der Waals surface area contributed by atoms with Gasteiger partial charge in [-0.05, 0) is 25.1 Å². The molecule has 1 heterocycles. The van der Waals surface area contributed by atoms with Crippen LogP contribution in [0.25, 0.3) is 11.5 Å². The second kappa shape index (κ2) is 6.81. The minimum Gasteiger partial charge on any atom is -0.420 e. The van der Waals surface area contributed by atoms with Gasteiger partial charge in [-0.15, -0.1) is 22.0 Å². The Morgan fingerprint density at radius 1 is 1.38 bits per heavy atom. The highest BCUT2D eigenvalue weighted by Gasteiger charge is 2.16. The maximum Gasteiger partial charge on any atom is 0.247 e. The van der Waals surface area contributed by atoms with E-state index >= 15 is 0 Å². The first-order valence-corrected chi connectivity index (χ1v) is 9.72. The third-order valence-electron chi connectivity index (χ3n) is 2.68. The predicted molar refractivity (Wildman–Crippen MR) is 85.3 cm³/mol. The monoisotopic (exact) mass is 346 g/mol. The summed E-state index contributed by atoms with van der Waals surface area (Å²) in [7, 11) is -2.95. The van der Waals surface area contributed by atoms with Gasteiger partial charge in [-0.2, -0.15) is 0 Å². The molecule has 0 bridgehead atoms. The van der Waals surface area contributed by atoms with E-state index in [0.717, 1.165) is 5.56 Å². The summed E-state index contributed by atoms with van der Waals surface area (Å²) >= 11 is 7.39. The van der Waals surface area contributed by atoms with Crippen molar-refractivity contribution in [3.8, 4) is 11.5 Å². The van der Waals surface area contributed by atoms with Gasteiger partial charge in [0.1, 0.15) is 9.84 Å². The van der Waals surface area contributed by atoms with E-state index in [2.05, 4.69) is 10.2 Å². The molecular formula is C13H15ClN2O3S2. The average molecular weight is 347 g/mol. The first kappa shape index (κ1) is 16.3. The van der Waals surface area contributed by atoms with Gasteiger partial charge in [-0.25, -0.2) is 8.42 Å². The predicted octanol–water partition coefficient (Wildman–Crippen LogP) is 3.23. The fourth-order valence-corrected chi connectivity index (χ4v) is 3.96. The van der Waals surface area contributed by atoms with Crippen molar-refractivity contribution >= 4 is 33.2 Å². The molecular weight excluding hydrogens is 332 g/mol. The zero-order valence-corrected chi connectivity index (χ0v) is 14.0. The molecule has 2 rings (SSSR count). The molecule has 1 aromatic carbocycles. The molecule has 0 aliphatic carbocycles. The van der Waals surface area contributed by atoms with Gasteiger partial charge in [0, 0.05) is 22.6 Å². The van der Waals surface area contributed by atoms with Crippen molar-refractivity contribution in [1.82, 2.24) is 10.2 Å². The van der Waals surface area contributed by atoms with Crippen LogP contribution < -0.4 is 0 Å². The standard InChI is InChI=1S/C13H15ClN2O3S2/c1-9(20-6-7-21(2,17)18)12-15-16-13(19-12)10-4-3-5-11(14)8-10/h3-5,8-9H,6-7H2,1-2H3. The van der Waals surface area contributed by atoms with E-state index in [1.165, 1.54) is 18.0 Å². The SMILES string of the molecule is CC(SCCS(C)(=O)=O)c1nnc(-c2cccc(Cl)c2)o1. The number of hydrogen-bond acceptors (Lipinski definition) is 6. The van der Waals surface area contributed by atoms with Gasteiger partial charge in [0.25, 0.3) is 0 Å². The van der Waals surface area contributed by atoms with Crippen LogP contribution in [0.15, 0.2) is 28.7 Å². The van der Waals surface area contributed by atoms with Crippen LogP contribution in [0.5, 0.6) is 0 Å². The molecule has 0 fully saturated rings. The quantitative estimate of drug-likeness (QED) is 0.799. The Morgan fingerprint density at radius 3 is 2.81 bits per heavy atom. The summed E-state index contributed by atoms with van der Waals surface area (Å²) in [4.78, 5) is 0. The Kier molecular flexibility index (Phi) is 5.29. The van der Waals surface area contributed by atoms with Crippen LogP contribution in [0.3, 0.4) is 0 Å². The summed E-state index contributed by atoms with van der Waals surface area (Å²) < 4.78 is 27.8. The van der Waals surface area contributed by atoms with Crippen molar-refractivity contribution in [3.63, 3.8) is 0 Å². The van der Waals surface area contributed by atoms with Crippen molar-refractivity contribution < 1.29 is 12.8 Å². The Bertz CT molecular complexity index is 716. The van der Waals surface area contributed by atoms with E-state index in [9.17, 15) is 8.42 Å². The zero-order valence-electron chi connectivity index (χ0n) is 11.6. The van der Waals surface area contributed by atoms with Crippen molar-refractivity contribution in [3.05, 3.63) is 35.2 Å². The minimum absolute atomic E-state index is 0.0628. The minimum atomic E-state index is -2.95. The molecule has 0 saturated carbocycles. The second-order valence-corrected chi connectivity index (χ2v) is 8.74. The van der Waals surface area contributed by atoms with Gasteiger partial charge in [-0.3, -0.25) is 0 Å². The number of sulfone groups is 1. The van der Waals surface area contributed by atoms with Gasteiger partial charge in [0.05, 0.1) is 11.0 Å². The summed E-state index contributed by atoms with van der Waals surface area (Å²) in [5.41, 5.74) is 0.759. The number of nitrogens with zero attached hydrogens (tertiary/aromatic N) is 2. The molecule has 5 nitrogen and oxygen atoms in total. The smallest absolute Gasteiger partial charge is 0.247 e. The Hall–Kier alpha value is -1.05. The topological polar surface area (TPSA) is 73.1 Å². The number of halogens is 1. The van der Waals surface area contributed by atoms with Crippen molar-refractivity contribution in [2.75, 3.05) is 17.8 Å². The lowest BCUT2D eigenvalue weighted by Crippen LogP contribution is -2.06. The maximum absolute atomic E-state index is 11.1. The molecule has 0 saturated heterocycles. The van der Waals surface area contributed by atoms with Gasteiger partial charge < -0.3 is 4.42 Å². The summed E-state index contributed by atoms with van der Waals surface area (Å²) in [6.45, 7) is 1.90. The summed E-state index contributed by atoms with van der Waals surface area (Å²) in [5.74, 6) is 1.51. The van der Waals surface area contributed by atoms with E-state index in [0.29, 0.717) is 22.6 Å². The Labute approximate surface area is 133 Å². The first-order chi connectivity index (χ1) is 9.85. The Balaban J connectivity index is 2.02.